The van der Waals surface area contributed by atoms with Crippen LogP contribution in [0.15, 0.2) is 30.3 Å². The number of aromatic nitrogens is 4. The molecule has 1 amide bonds. The molecule has 0 aliphatic carbocycles. The molecule has 8 nitrogen and oxygen atoms in total. The second-order valence-corrected chi connectivity index (χ2v) is 11.6. The Hall–Kier alpha value is -3.74. The topological polar surface area (TPSA) is 70.4 Å². The van der Waals surface area contributed by atoms with Gasteiger partial charge in [-0.2, -0.15) is 18.3 Å². The molecule has 2 aromatic carbocycles. The molecule has 0 spiro atoms. The number of benzene rings is 2. The van der Waals surface area contributed by atoms with Crippen molar-refractivity contribution in [3.05, 3.63) is 64.5 Å². The molecule has 2 aliphatic rings. The van der Waals surface area contributed by atoms with Gasteiger partial charge in [0, 0.05) is 44.5 Å². The summed E-state index contributed by atoms with van der Waals surface area (Å²) in [5, 5.41) is 4.94. The van der Waals surface area contributed by atoms with Crippen molar-refractivity contribution in [1.29, 1.82) is 0 Å². The minimum Gasteiger partial charge on any atom is -0.367 e. The van der Waals surface area contributed by atoms with Gasteiger partial charge in [-0.1, -0.05) is 11.3 Å². The van der Waals surface area contributed by atoms with Crippen LogP contribution in [0.4, 0.5) is 28.4 Å². The minimum atomic E-state index is -4.46. The largest absolute Gasteiger partial charge is 0.416 e. The molecular formula is C28H29F4N7OS. The van der Waals surface area contributed by atoms with E-state index in [1.165, 1.54) is 29.5 Å². The van der Waals surface area contributed by atoms with E-state index in [0.29, 0.717) is 64.3 Å². The van der Waals surface area contributed by atoms with Gasteiger partial charge in [-0.15, -0.1) is 0 Å². The number of piperazine rings is 1. The number of amides is 1. The molecule has 4 heterocycles. The third kappa shape index (κ3) is 5.22. The van der Waals surface area contributed by atoms with Gasteiger partial charge in [0.05, 0.1) is 15.8 Å². The maximum Gasteiger partial charge on any atom is 0.416 e. The normalized spacial score (nSPS) is 17.8. The van der Waals surface area contributed by atoms with Gasteiger partial charge in [0.1, 0.15) is 24.0 Å². The molecule has 4 aromatic rings. The molecular weight excluding hydrogens is 558 g/mol. The highest BCUT2D eigenvalue weighted by molar-refractivity contribution is 7.22. The van der Waals surface area contributed by atoms with Crippen molar-refractivity contribution in [2.75, 3.05) is 36.0 Å². The number of hydrogen-bond acceptors (Lipinski definition) is 7. The summed E-state index contributed by atoms with van der Waals surface area (Å²) < 4.78 is 58.1. The van der Waals surface area contributed by atoms with Gasteiger partial charge >= 0.3 is 6.18 Å². The molecule has 216 valence electrons. The van der Waals surface area contributed by atoms with E-state index in [0.717, 1.165) is 5.69 Å². The molecule has 6 rings (SSSR count). The lowest BCUT2D eigenvalue weighted by atomic mass is 9.91. The number of hydrogen-bond donors (Lipinski definition) is 0. The fourth-order valence-corrected chi connectivity index (χ4v) is 6.90. The number of nitrogens with zero attached hydrogens (tertiary/aromatic N) is 7. The molecule has 0 bridgehead atoms. The Morgan fingerprint density at radius 2 is 1.85 bits per heavy atom. The van der Waals surface area contributed by atoms with E-state index in [4.69, 9.17) is 0 Å². The molecule has 0 radical (unpaired) electrons. The van der Waals surface area contributed by atoms with Crippen molar-refractivity contribution in [2.45, 2.75) is 52.5 Å². The predicted molar refractivity (Wildman–Crippen MR) is 149 cm³/mol. The summed E-state index contributed by atoms with van der Waals surface area (Å²) in [7, 11) is 0. The van der Waals surface area contributed by atoms with Crippen molar-refractivity contribution in [1.82, 2.24) is 24.6 Å². The molecule has 1 saturated heterocycles. The monoisotopic (exact) mass is 587 g/mol. The Bertz CT molecular complexity index is 1630. The highest BCUT2D eigenvalue weighted by atomic mass is 32.1. The van der Waals surface area contributed by atoms with Gasteiger partial charge in [0.25, 0.3) is 0 Å². The lowest BCUT2D eigenvalue weighted by Gasteiger charge is -2.43. The fraction of sp³-hybridized carbons (Fsp3) is 0.429. The van der Waals surface area contributed by atoms with Crippen molar-refractivity contribution in [2.24, 2.45) is 0 Å². The summed E-state index contributed by atoms with van der Waals surface area (Å²) in [5.41, 5.74) is 1.72. The van der Waals surface area contributed by atoms with Crippen LogP contribution in [0, 0.1) is 19.7 Å². The smallest absolute Gasteiger partial charge is 0.367 e. The number of carbonyl (C=O) groups excluding carboxylic acids is 1. The van der Waals surface area contributed by atoms with E-state index in [-0.39, 0.29) is 37.3 Å². The molecule has 41 heavy (non-hydrogen) atoms. The second kappa shape index (κ2) is 10.3. The number of halogens is 4. The van der Waals surface area contributed by atoms with Gasteiger partial charge in [-0.3, -0.25) is 4.79 Å². The quantitative estimate of drug-likeness (QED) is 0.315. The maximum atomic E-state index is 14.0. The highest BCUT2D eigenvalue weighted by Gasteiger charge is 2.38. The van der Waals surface area contributed by atoms with Crippen LogP contribution in [0.3, 0.4) is 0 Å². The number of thiazole rings is 1. The first-order valence-electron chi connectivity index (χ1n) is 13.4. The van der Waals surface area contributed by atoms with E-state index in [1.807, 2.05) is 11.8 Å². The molecule has 1 fully saturated rings. The zero-order valence-corrected chi connectivity index (χ0v) is 23.7. The minimum absolute atomic E-state index is 0.0713. The number of fused-ring (bicyclic) bond motifs is 2. The summed E-state index contributed by atoms with van der Waals surface area (Å²) in [4.78, 5) is 27.9. The van der Waals surface area contributed by atoms with Crippen molar-refractivity contribution in [3.8, 4) is 0 Å². The zero-order chi connectivity index (χ0) is 29.1. The van der Waals surface area contributed by atoms with Gasteiger partial charge in [0.2, 0.25) is 5.91 Å². The molecule has 0 N–H and O–H groups in total. The van der Waals surface area contributed by atoms with Crippen molar-refractivity contribution in [3.63, 3.8) is 0 Å². The molecule has 1 atom stereocenters. The maximum absolute atomic E-state index is 14.0. The van der Waals surface area contributed by atoms with Crippen LogP contribution in [0.2, 0.25) is 0 Å². The van der Waals surface area contributed by atoms with E-state index >= 15 is 0 Å². The van der Waals surface area contributed by atoms with E-state index in [9.17, 15) is 22.4 Å². The third-order valence-corrected chi connectivity index (χ3v) is 8.92. The number of carbonyl (C=O) groups is 1. The number of alkyl halides is 3. The Morgan fingerprint density at radius 1 is 1.05 bits per heavy atom. The Kier molecular flexibility index (Phi) is 6.87. The van der Waals surface area contributed by atoms with Crippen LogP contribution in [0.5, 0.6) is 0 Å². The summed E-state index contributed by atoms with van der Waals surface area (Å²) >= 11 is 1.33. The van der Waals surface area contributed by atoms with Crippen molar-refractivity contribution < 1.29 is 22.4 Å². The second-order valence-electron chi connectivity index (χ2n) is 10.6. The van der Waals surface area contributed by atoms with Crippen LogP contribution in [-0.4, -0.2) is 62.8 Å². The Morgan fingerprint density at radius 3 is 2.56 bits per heavy atom. The highest BCUT2D eigenvalue weighted by Crippen LogP contribution is 2.41. The Labute approximate surface area is 238 Å². The standard InChI is InChI=1S/C28H29F4N7OS/c1-16-13-36(10-11-38(16)26(40)15-39-18(3)33-17(2)35-39)24-7-5-22(28(30,31)32)20-8-9-37(14-21(20)24)27-34-23-6-4-19(29)12-25(23)41-27/h4-7,12,16H,8-11,13-15H2,1-3H3. The van der Waals surface area contributed by atoms with E-state index < -0.39 is 11.7 Å². The van der Waals surface area contributed by atoms with Crippen LogP contribution < -0.4 is 9.80 Å². The molecule has 0 saturated carbocycles. The lowest BCUT2D eigenvalue weighted by molar-refractivity contribution is -0.138. The Balaban J connectivity index is 1.27. The van der Waals surface area contributed by atoms with E-state index in [1.54, 1.807) is 35.6 Å². The van der Waals surface area contributed by atoms with Crippen molar-refractivity contribution >= 4 is 38.3 Å². The van der Waals surface area contributed by atoms with Crippen LogP contribution in [0.1, 0.15) is 35.3 Å². The average molecular weight is 588 g/mol. The number of aryl methyl sites for hydroxylation is 2. The van der Waals surface area contributed by atoms with Gasteiger partial charge in [-0.05, 0) is 68.7 Å². The van der Waals surface area contributed by atoms with Gasteiger partial charge in [-0.25, -0.2) is 19.0 Å². The molecule has 2 aromatic heterocycles. The first-order valence-corrected chi connectivity index (χ1v) is 14.2. The predicted octanol–water partition coefficient (Wildman–Crippen LogP) is 4.96. The zero-order valence-electron chi connectivity index (χ0n) is 22.9. The van der Waals surface area contributed by atoms with Crippen LogP contribution >= 0.6 is 11.3 Å². The summed E-state index contributed by atoms with van der Waals surface area (Å²) in [5.74, 6) is 0.846. The molecule has 13 heteroatoms. The summed E-state index contributed by atoms with van der Waals surface area (Å²) in [6.07, 6.45) is -4.25. The first kappa shape index (κ1) is 27.4. The molecule has 1 unspecified atom stereocenters. The average Bonchev–Trinajstić information content (AvgIpc) is 3.48. The van der Waals surface area contributed by atoms with Gasteiger partial charge < -0.3 is 14.7 Å². The molecule has 2 aliphatic heterocycles. The van der Waals surface area contributed by atoms with Crippen LogP contribution in [-0.2, 0) is 30.5 Å². The number of rotatable bonds is 4. The van der Waals surface area contributed by atoms with Crippen LogP contribution in [0.25, 0.3) is 10.2 Å². The van der Waals surface area contributed by atoms with E-state index in [2.05, 4.69) is 20.0 Å². The third-order valence-electron chi connectivity index (χ3n) is 7.84. The SMILES string of the molecule is Cc1nc(C)n(CC(=O)N2CCN(c3ccc(C(F)(F)F)c4c3CN(c3nc5ccc(F)cc5s3)CC4)CC2C)n1. The lowest BCUT2D eigenvalue weighted by Crippen LogP contribution is -2.55. The summed E-state index contributed by atoms with van der Waals surface area (Å²) in [6, 6.07) is 6.98. The fourth-order valence-electron chi connectivity index (χ4n) is 5.88. The number of anilines is 2. The first-order chi connectivity index (χ1) is 19.5. The summed E-state index contributed by atoms with van der Waals surface area (Å²) in [6.45, 7) is 7.67. The van der Waals surface area contributed by atoms with Gasteiger partial charge in [0.15, 0.2) is 5.13 Å².